The molecule has 0 aromatic heterocycles. The quantitative estimate of drug-likeness (QED) is 0.481. The van der Waals surface area contributed by atoms with E-state index >= 15 is 0 Å². The van der Waals surface area contributed by atoms with Gasteiger partial charge in [-0.1, -0.05) is 13.3 Å². The molecule has 9 heteroatoms. The van der Waals surface area contributed by atoms with Gasteiger partial charge in [-0.3, -0.25) is 0 Å². The second kappa shape index (κ2) is 9.18. The molecule has 0 spiro atoms. The van der Waals surface area contributed by atoms with Crippen LogP contribution >= 0.6 is 0 Å². The van der Waals surface area contributed by atoms with Crippen LogP contribution < -0.4 is 9.47 Å². The number of alkyl halides is 4. The highest BCUT2D eigenvalue weighted by Crippen LogP contribution is 2.32. The molecule has 0 aliphatic carbocycles. The second-order valence-electron chi connectivity index (χ2n) is 5.69. The standard InChI is InChI=1S/C17H19F5O4/c1-2-3-11-9-24-16(25-10-11)17(21,22)26-12-4-5-14(13(18)8-12)23-7-6-15(19)20/h4-8,11,15-16H,2-3,9-10H2,1H3/b7-6+. The van der Waals surface area contributed by atoms with Gasteiger partial charge in [0.1, 0.15) is 5.75 Å². The van der Waals surface area contributed by atoms with Crippen LogP contribution in [0.1, 0.15) is 19.8 Å². The maximum atomic E-state index is 14.1. The third-order valence-electron chi connectivity index (χ3n) is 3.51. The van der Waals surface area contributed by atoms with Crippen LogP contribution in [0.15, 0.2) is 30.5 Å². The fourth-order valence-corrected chi connectivity index (χ4v) is 2.33. The average Bonchev–Trinajstić information content (AvgIpc) is 2.57. The normalized spacial score (nSPS) is 21.3. The number of hydrogen-bond acceptors (Lipinski definition) is 4. The van der Waals surface area contributed by atoms with Crippen molar-refractivity contribution in [2.45, 2.75) is 38.6 Å². The van der Waals surface area contributed by atoms with Gasteiger partial charge in [-0.25, -0.2) is 13.2 Å². The van der Waals surface area contributed by atoms with E-state index in [4.69, 9.17) is 9.47 Å². The lowest BCUT2D eigenvalue weighted by Gasteiger charge is -2.33. The third kappa shape index (κ3) is 5.84. The number of rotatable bonds is 8. The third-order valence-corrected chi connectivity index (χ3v) is 3.51. The molecule has 1 aliphatic heterocycles. The molecule has 26 heavy (non-hydrogen) atoms. The molecule has 1 aromatic rings. The van der Waals surface area contributed by atoms with Crippen molar-refractivity contribution in [2.75, 3.05) is 13.2 Å². The van der Waals surface area contributed by atoms with E-state index in [0.29, 0.717) is 18.4 Å². The van der Waals surface area contributed by atoms with Crippen molar-refractivity contribution in [3.63, 3.8) is 0 Å². The van der Waals surface area contributed by atoms with Crippen LogP contribution in [0, 0.1) is 11.7 Å². The molecule has 0 amide bonds. The van der Waals surface area contributed by atoms with Gasteiger partial charge in [-0.05, 0) is 18.6 Å². The second-order valence-corrected chi connectivity index (χ2v) is 5.69. The first-order valence-electron chi connectivity index (χ1n) is 8.03. The van der Waals surface area contributed by atoms with Crippen molar-refractivity contribution in [1.29, 1.82) is 0 Å². The molecular formula is C17H19F5O4. The van der Waals surface area contributed by atoms with E-state index in [0.717, 1.165) is 25.0 Å². The van der Waals surface area contributed by atoms with E-state index in [1.54, 1.807) is 0 Å². The largest absolute Gasteiger partial charge is 0.462 e. The minimum Gasteiger partial charge on any atom is -0.462 e. The Morgan fingerprint density at radius 2 is 1.96 bits per heavy atom. The van der Waals surface area contributed by atoms with Crippen molar-refractivity contribution < 1.29 is 40.9 Å². The molecule has 0 saturated carbocycles. The SMILES string of the molecule is CCCC1COC(C(F)(F)Oc2ccc(O/C=C/C(F)F)c(F)c2)OC1. The van der Waals surface area contributed by atoms with E-state index in [1.165, 1.54) is 0 Å². The fraction of sp³-hybridized carbons (Fsp3) is 0.529. The van der Waals surface area contributed by atoms with Crippen LogP contribution in [-0.2, 0) is 9.47 Å². The zero-order valence-electron chi connectivity index (χ0n) is 14.0. The van der Waals surface area contributed by atoms with Crippen LogP contribution in [-0.4, -0.2) is 32.0 Å². The smallest absolute Gasteiger partial charge is 0.451 e. The van der Waals surface area contributed by atoms with Crippen molar-refractivity contribution in [3.05, 3.63) is 36.4 Å². The maximum absolute atomic E-state index is 14.1. The lowest BCUT2D eigenvalue weighted by Crippen LogP contribution is -2.47. The van der Waals surface area contributed by atoms with Gasteiger partial charge in [0.15, 0.2) is 11.6 Å². The number of ether oxygens (including phenoxy) is 4. The molecule has 0 unspecified atom stereocenters. The maximum Gasteiger partial charge on any atom is 0.451 e. The molecule has 0 radical (unpaired) electrons. The van der Waals surface area contributed by atoms with Gasteiger partial charge in [0.2, 0.25) is 0 Å². The van der Waals surface area contributed by atoms with Gasteiger partial charge < -0.3 is 18.9 Å². The molecule has 0 bridgehead atoms. The molecule has 1 saturated heterocycles. The molecule has 1 heterocycles. The zero-order valence-corrected chi connectivity index (χ0v) is 14.0. The van der Waals surface area contributed by atoms with E-state index in [1.807, 2.05) is 6.92 Å². The molecule has 146 valence electrons. The van der Waals surface area contributed by atoms with Gasteiger partial charge >= 0.3 is 6.11 Å². The monoisotopic (exact) mass is 382 g/mol. The Labute approximate surface area is 147 Å². The summed E-state index contributed by atoms with van der Waals surface area (Å²) in [4.78, 5) is 0. The number of hydrogen-bond donors (Lipinski definition) is 0. The molecule has 1 fully saturated rings. The Kier molecular flexibility index (Phi) is 7.22. The Bertz CT molecular complexity index is 601. The highest BCUT2D eigenvalue weighted by molar-refractivity contribution is 5.33. The molecule has 4 nitrogen and oxygen atoms in total. The summed E-state index contributed by atoms with van der Waals surface area (Å²) in [5.41, 5.74) is 0. The Hall–Kier alpha value is -1.87. The van der Waals surface area contributed by atoms with E-state index in [9.17, 15) is 22.0 Å². The summed E-state index contributed by atoms with van der Waals surface area (Å²) in [5.74, 6) is -1.90. The Morgan fingerprint density at radius 3 is 2.54 bits per heavy atom. The van der Waals surface area contributed by atoms with E-state index in [-0.39, 0.29) is 19.1 Å². The average molecular weight is 382 g/mol. The summed E-state index contributed by atoms with van der Waals surface area (Å²) >= 11 is 0. The van der Waals surface area contributed by atoms with Crippen LogP contribution in [0.2, 0.25) is 0 Å². The van der Waals surface area contributed by atoms with E-state index in [2.05, 4.69) is 9.47 Å². The van der Waals surface area contributed by atoms with Crippen LogP contribution in [0.4, 0.5) is 22.0 Å². The predicted molar refractivity (Wildman–Crippen MR) is 81.8 cm³/mol. The van der Waals surface area contributed by atoms with Gasteiger partial charge in [0, 0.05) is 18.1 Å². The first kappa shape index (κ1) is 20.4. The van der Waals surface area contributed by atoms with Crippen LogP contribution in [0.25, 0.3) is 0 Å². The first-order valence-corrected chi connectivity index (χ1v) is 8.03. The van der Waals surface area contributed by atoms with Crippen LogP contribution in [0.3, 0.4) is 0 Å². The van der Waals surface area contributed by atoms with Crippen molar-refractivity contribution in [1.82, 2.24) is 0 Å². The molecule has 0 atom stereocenters. The predicted octanol–water partition coefficient (Wildman–Crippen LogP) is 4.74. The lowest BCUT2D eigenvalue weighted by molar-refractivity contribution is -0.352. The van der Waals surface area contributed by atoms with E-state index < -0.39 is 36.1 Å². The van der Waals surface area contributed by atoms with Crippen LogP contribution in [0.5, 0.6) is 11.5 Å². The zero-order chi connectivity index (χ0) is 19.2. The number of halogens is 5. The Balaban J connectivity index is 1.95. The topological polar surface area (TPSA) is 36.9 Å². The summed E-state index contributed by atoms with van der Waals surface area (Å²) < 4.78 is 85.1. The van der Waals surface area contributed by atoms with Gasteiger partial charge in [-0.2, -0.15) is 8.78 Å². The Morgan fingerprint density at radius 1 is 1.27 bits per heavy atom. The molecule has 2 rings (SSSR count). The molecule has 0 N–H and O–H groups in total. The van der Waals surface area contributed by atoms with Gasteiger partial charge in [-0.15, -0.1) is 0 Å². The van der Waals surface area contributed by atoms with Crippen molar-refractivity contribution in [2.24, 2.45) is 5.92 Å². The summed E-state index contributed by atoms with van der Waals surface area (Å²) in [6.45, 7) is 2.21. The first-order chi connectivity index (χ1) is 12.3. The minimum absolute atomic E-state index is 0.0437. The minimum atomic E-state index is -3.83. The summed E-state index contributed by atoms with van der Waals surface area (Å²) in [5, 5.41) is 0. The molecular weight excluding hydrogens is 363 g/mol. The lowest BCUT2D eigenvalue weighted by atomic mass is 10.1. The number of benzene rings is 1. The number of allylic oxidation sites excluding steroid dienone is 1. The summed E-state index contributed by atoms with van der Waals surface area (Å²) in [6.07, 6.45) is -5.80. The highest BCUT2D eigenvalue weighted by Gasteiger charge is 2.47. The van der Waals surface area contributed by atoms with Gasteiger partial charge in [0.25, 0.3) is 12.7 Å². The highest BCUT2D eigenvalue weighted by atomic mass is 19.3. The van der Waals surface area contributed by atoms with Crippen molar-refractivity contribution in [3.8, 4) is 11.5 Å². The van der Waals surface area contributed by atoms with Gasteiger partial charge in [0.05, 0.1) is 19.5 Å². The summed E-state index contributed by atoms with van der Waals surface area (Å²) in [7, 11) is 0. The van der Waals surface area contributed by atoms with Crippen molar-refractivity contribution >= 4 is 0 Å². The molecule has 1 aliphatic rings. The fourth-order valence-electron chi connectivity index (χ4n) is 2.33. The molecule has 1 aromatic carbocycles. The summed E-state index contributed by atoms with van der Waals surface area (Å²) in [6, 6.07) is 2.66.